The van der Waals surface area contributed by atoms with E-state index in [1.807, 2.05) is 4.90 Å². The first-order valence-corrected chi connectivity index (χ1v) is 10.9. The quantitative estimate of drug-likeness (QED) is 0.510. The van der Waals surface area contributed by atoms with Crippen LogP contribution in [-0.2, 0) is 6.54 Å². The number of carboxylic acid groups (broad SMARTS) is 1. The Labute approximate surface area is 188 Å². The number of hydrogen-bond acceptors (Lipinski definition) is 6. The highest BCUT2D eigenvalue weighted by molar-refractivity contribution is 5.93. The molecule has 0 atom stereocenters. The topological polar surface area (TPSA) is 106 Å². The number of phenolic OH excluding ortho intramolecular Hbond substituents is 2. The maximum Gasteiger partial charge on any atom is 0.341 e. The van der Waals surface area contributed by atoms with Crippen molar-refractivity contribution in [2.24, 2.45) is 0 Å². The van der Waals surface area contributed by atoms with Crippen LogP contribution in [0, 0.1) is 5.82 Å². The van der Waals surface area contributed by atoms with E-state index >= 15 is 4.39 Å². The van der Waals surface area contributed by atoms with Gasteiger partial charge >= 0.3 is 5.97 Å². The molecule has 5 rings (SSSR count). The first-order chi connectivity index (χ1) is 15.8. The summed E-state index contributed by atoms with van der Waals surface area (Å²) < 4.78 is 16.9. The Morgan fingerprint density at radius 2 is 1.79 bits per heavy atom. The van der Waals surface area contributed by atoms with Crippen molar-refractivity contribution < 1.29 is 24.5 Å². The van der Waals surface area contributed by atoms with Crippen molar-refractivity contribution in [2.45, 2.75) is 25.4 Å². The highest BCUT2D eigenvalue weighted by Gasteiger charge is 2.28. The van der Waals surface area contributed by atoms with Gasteiger partial charge in [-0.15, -0.1) is 0 Å². The second-order valence-corrected chi connectivity index (χ2v) is 8.71. The average molecular weight is 453 g/mol. The van der Waals surface area contributed by atoms with Crippen molar-refractivity contribution in [3.63, 3.8) is 0 Å². The molecule has 1 saturated carbocycles. The monoisotopic (exact) mass is 453 g/mol. The fraction of sp³-hybridized carbons (Fsp3) is 0.333. The van der Waals surface area contributed by atoms with E-state index in [-0.39, 0.29) is 28.5 Å². The summed E-state index contributed by atoms with van der Waals surface area (Å²) in [4.78, 5) is 28.2. The number of benzene rings is 2. The number of anilines is 1. The van der Waals surface area contributed by atoms with Crippen molar-refractivity contribution in [3.8, 4) is 11.5 Å². The van der Waals surface area contributed by atoms with Crippen LogP contribution in [0.25, 0.3) is 10.9 Å². The van der Waals surface area contributed by atoms with Gasteiger partial charge in [-0.3, -0.25) is 9.69 Å². The Kier molecular flexibility index (Phi) is 5.20. The lowest BCUT2D eigenvalue weighted by Crippen LogP contribution is -2.46. The first kappa shape index (κ1) is 21.3. The van der Waals surface area contributed by atoms with Gasteiger partial charge in [-0.25, -0.2) is 9.18 Å². The molecule has 2 fully saturated rings. The number of rotatable bonds is 5. The Bertz CT molecular complexity index is 1310. The molecule has 0 radical (unpaired) electrons. The number of hydrogen-bond donors (Lipinski definition) is 3. The van der Waals surface area contributed by atoms with Crippen LogP contribution in [0.5, 0.6) is 11.5 Å². The van der Waals surface area contributed by atoms with E-state index in [0.29, 0.717) is 49.5 Å². The van der Waals surface area contributed by atoms with Gasteiger partial charge in [0.05, 0.1) is 11.2 Å². The number of nitrogens with zero attached hydrogens (tertiary/aromatic N) is 3. The minimum atomic E-state index is -1.31. The Balaban J connectivity index is 1.41. The van der Waals surface area contributed by atoms with Crippen LogP contribution in [0.3, 0.4) is 0 Å². The molecule has 2 aromatic carbocycles. The molecule has 172 valence electrons. The normalized spacial score (nSPS) is 16.9. The molecule has 1 aliphatic heterocycles. The minimum absolute atomic E-state index is 0.0843. The number of phenols is 2. The van der Waals surface area contributed by atoms with Crippen LogP contribution in [0.1, 0.15) is 34.8 Å². The van der Waals surface area contributed by atoms with Gasteiger partial charge < -0.3 is 24.8 Å². The van der Waals surface area contributed by atoms with Gasteiger partial charge in [0.2, 0.25) is 5.43 Å². The molecule has 3 aromatic rings. The van der Waals surface area contributed by atoms with Crippen LogP contribution in [-0.4, -0.2) is 56.9 Å². The van der Waals surface area contributed by atoms with E-state index in [9.17, 15) is 24.9 Å². The van der Waals surface area contributed by atoms with Crippen LogP contribution in [0.4, 0.5) is 10.1 Å². The van der Waals surface area contributed by atoms with Gasteiger partial charge in [0, 0.05) is 55.9 Å². The second kappa shape index (κ2) is 8.08. The number of aromatic hydroxyl groups is 2. The summed E-state index contributed by atoms with van der Waals surface area (Å²) in [5.74, 6) is -1.65. The molecule has 0 spiro atoms. The lowest BCUT2D eigenvalue weighted by Gasteiger charge is -2.36. The molecule has 33 heavy (non-hydrogen) atoms. The first-order valence-electron chi connectivity index (χ1n) is 10.9. The summed E-state index contributed by atoms with van der Waals surface area (Å²) in [6.45, 7) is 2.80. The molecule has 3 N–H and O–H groups in total. The highest BCUT2D eigenvalue weighted by atomic mass is 19.1. The molecule has 0 bridgehead atoms. The third-order valence-electron chi connectivity index (χ3n) is 6.44. The molecule has 2 aliphatic rings. The number of carboxylic acids is 1. The SMILES string of the molecule is O=C(O)c1cn(C2CC2)c2cc(N3CCN(Cc4cc(O)ccc4O)CC3)c(F)cc2c1=O. The zero-order valence-corrected chi connectivity index (χ0v) is 17.9. The van der Waals surface area contributed by atoms with E-state index < -0.39 is 17.2 Å². The molecule has 0 unspecified atom stereocenters. The molecule has 8 nitrogen and oxygen atoms in total. The summed E-state index contributed by atoms with van der Waals surface area (Å²) in [7, 11) is 0. The number of carbonyl (C=O) groups is 1. The van der Waals surface area contributed by atoms with Crippen LogP contribution in [0.2, 0.25) is 0 Å². The number of halogens is 1. The highest BCUT2D eigenvalue weighted by Crippen LogP contribution is 2.38. The van der Waals surface area contributed by atoms with E-state index in [1.54, 1.807) is 10.6 Å². The molecular formula is C24H24FN3O5. The van der Waals surface area contributed by atoms with Crippen LogP contribution < -0.4 is 10.3 Å². The van der Waals surface area contributed by atoms with Gasteiger partial charge in [0.15, 0.2) is 0 Å². The van der Waals surface area contributed by atoms with E-state index in [2.05, 4.69) is 4.90 Å². The third kappa shape index (κ3) is 4.00. The average Bonchev–Trinajstić information content (AvgIpc) is 3.62. The fourth-order valence-electron chi connectivity index (χ4n) is 4.49. The zero-order valence-electron chi connectivity index (χ0n) is 17.9. The Hall–Kier alpha value is -3.59. The maximum atomic E-state index is 15.1. The van der Waals surface area contributed by atoms with E-state index in [1.165, 1.54) is 24.4 Å². The van der Waals surface area contributed by atoms with Crippen molar-refractivity contribution in [2.75, 3.05) is 31.1 Å². The van der Waals surface area contributed by atoms with Crippen LogP contribution >= 0.6 is 0 Å². The zero-order chi connectivity index (χ0) is 23.3. The largest absolute Gasteiger partial charge is 0.508 e. The van der Waals surface area contributed by atoms with E-state index in [0.717, 1.165) is 18.9 Å². The summed E-state index contributed by atoms with van der Waals surface area (Å²) in [5, 5.41) is 29.2. The van der Waals surface area contributed by atoms with E-state index in [4.69, 9.17) is 0 Å². The molecule has 0 amide bonds. The summed E-state index contributed by atoms with van der Waals surface area (Å²) >= 11 is 0. The minimum Gasteiger partial charge on any atom is -0.508 e. The van der Waals surface area contributed by atoms with Crippen molar-refractivity contribution in [1.29, 1.82) is 0 Å². The van der Waals surface area contributed by atoms with Gasteiger partial charge in [0.25, 0.3) is 0 Å². The standard InChI is InChI=1S/C24H24FN3O5/c25-19-10-17-20(28(15-1-2-15)13-18(23(17)31)24(32)33)11-21(19)27-7-5-26(6-8-27)12-14-9-16(29)3-4-22(14)30/h3-4,9-11,13,15,29-30H,1-2,5-8,12H2,(H,32,33). The predicted molar refractivity (Wildman–Crippen MR) is 121 cm³/mol. The second-order valence-electron chi connectivity index (χ2n) is 8.71. The molecule has 1 aliphatic carbocycles. The maximum absolute atomic E-state index is 15.1. The summed E-state index contributed by atoms with van der Waals surface area (Å²) in [6, 6.07) is 7.37. The van der Waals surface area contributed by atoms with Crippen molar-refractivity contribution in [1.82, 2.24) is 9.47 Å². The molecule has 2 heterocycles. The number of fused-ring (bicyclic) bond motifs is 1. The lowest BCUT2D eigenvalue weighted by atomic mass is 10.1. The summed E-state index contributed by atoms with van der Waals surface area (Å²) in [6.07, 6.45) is 3.17. The Morgan fingerprint density at radius 1 is 1.06 bits per heavy atom. The molecular weight excluding hydrogens is 429 g/mol. The van der Waals surface area contributed by atoms with Crippen molar-refractivity contribution >= 4 is 22.6 Å². The number of piperazine rings is 1. The molecule has 1 saturated heterocycles. The van der Waals surface area contributed by atoms with Gasteiger partial charge in [0.1, 0.15) is 22.9 Å². The predicted octanol–water partition coefficient (Wildman–Crippen LogP) is 2.91. The van der Waals surface area contributed by atoms with Gasteiger partial charge in [-0.05, 0) is 43.2 Å². The smallest absolute Gasteiger partial charge is 0.341 e. The lowest BCUT2D eigenvalue weighted by molar-refractivity contribution is 0.0695. The van der Waals surface area contributed by atoms with Crippen LogP contribution in [0.15, 0.2) is 41.3 Å². The third-order valence-corrected chi connectivity index (χ3v) is 6.44. The number of pyridine rings is 1. The summed E-state index contributed by atoms with van der Waals surface area (Å²) in [5.41, 5.74) is 0.555. The molecule has 9 heteroatoms. The number of aromatic nitrogens is 1. The molecule has 1 aromatic heterocycles. The van der Waals surface area contributed by atoms with Crippen molar-refractivity contribution in [3.05, 3.63) is 63.7 Å². The van der Waals surface area contributed by atoms with Gasteiger partial charge in [-0.1, -0.05) is 0 Å². The fourth-order valence-corrected chi connectivity index (χ4v) is 4.49. The Morgan fingerprint density at radius 3 is 2.45 bits per heavy atom. The van der Waals surface area contributed by atoms with Gasteiger partial charge in [-0.2, -0.15) is 0 Å². The number of aromatic carboxylic acids is 1.